The second-order valence-electron chi connectivity index (χ2n) is 8.07. The molecule has 0 spiro atoms. The zero-order valence-electron chi connectivity index (χ0n) is 16.0. The van der Waals surface area contributed by atoms with Crippen LogP contribution in [0.15, 0.2) is 54.6 Å². The average molecular weight is 357 g/mol. The third-order valence-electron chi connectivity index (χ3n) is 5.51. The maximum atomic E-state index is 13.4. The maximum absolute atomic E-state index is 13.4. The predicted octanol–water partition coefficient (Wildman–Crippen LogP) is 4.27. The fourth-order valence-corrected chi connectivity index (χ4v) is 4.19. The zero-order valence-corrected chi connectivity index (χ0v) is 16.0. The van der Waals surface area contributed by atoms with E-state index in [1.807, 2.05) is 12.1 Å². The minimum atomic E-state index is -0.157. The van der Waals surface area contributed by atoms with Gasteiger partial charge in [-0.15, -0.1) is 0 Å². The van der Waals surface area contributed by atoms with Gasteiger partial charge >= 0.3 is 0 Å². The molecule has 2 atom stereocenters. The van der Waals surface area contributed by atoms with E-state index in [2.05, 4.69) is 49.5 Å². The van der Waals surface area contributed by atoms with Gasteiger partial charge in [0.2, 0.25) is 0 Å². The summed E-state index contributed by atoms with van der Waals surface area (Å²) in [6.45, 7) is 7.28. The molecule has 0 saturated carbocycles. The summed E-state index contributed by atoms with van der Waals surface area (Å²) in [5.74, 6) is 0.899. The van der Waals surface area contributed by atoms with Crippen molar-refractivity contribution in [2.24, 2.45) is 5.92 Å². The van der Waals surface area contributed by atoms with Gasteiger partial charge in [-0.25, -0.2) is 4.39 Å². The minimum absolute atomic E-state index is 0.0606. The van der Waals surface area contributed by atoms with E-state index >= 15 is 0 Å². The molecule has 1 fully saturated rings. The fraction of sp³-hybridized carbons (Fsp3) is 0.478. The van der Waals surface area contributed by atoms with Crippen molar-refractivity contribution < 1.29 is 14.4 Å². The number of benzene rings is 2. The summed E-state index contributed by atoms with van der Waals surface area (Å²) in [7, 11) is 0. The van der Waals surface area contributed by atoms with Crippen LogP contribution in [0.3, 0.4) is 0 Å². The average Bonchev–Trinajstić information content (AvgIpc) is 2.63. The molecule has 0 radical (unpaired) electrons. The number of halogens is 1. The van der Waals surface area contributed by atoms with Crippen LogP contribution in [0.4, 0.5) is 4.39 Å². The zero-order chi connectivity index (χ0) is 18.4. The fourth-order valence-electron chi connectivity index (χ4n) is 4.19. The van der Waals surface area contributed by atoms with Crippen LogP contribution in [0.2, 0.25) is 0 Å². The first kappa shape index (κ1) is 19.1. The van der Waals surface area contributed by atoms with E-state index in [-0.39, 0.29) is 11.4 Å². The molecule has 1 heterocycles. The van der Waals surface area contributed by atoms with Crippen molar-refractivity contribution in [3.8, 4) is 0 Å². The Bertz CT molecular complexity index is 668. The summed E-state index contributed by atoms with van der Waals surface area (Å²) in [6, 6.07) is 17.7. The van der Waals surface area contributed by atoms with Crippen molar-refractivity contribution in [3.63, 3.8) is 0 Å². The molecule has 1 saturated heterocycles. The van der Waals surface area contributed by atoms with Crippen LogP contribution in [0, 0.1) is 11.7 Å². The van der Waals surface area contributed by atoms with E-state index in [4.69, 9.17) is 4.74 Å². The first-order valence-electron chi connectivity index (χ1n) is 9.78. The molecule has 2 nitrogen and oxygen atoms in total. The van der Waals surface area contributed by atoms with Gasteiger partial charge < -0.3 is 10.1 Å². The van der Waals surface area contributed by atoms with Crippen molar-refractivity contribution in [1.82, 2.24) is 0 Å². The Kier molecular flexibility index (Phi) is 6.44. The van der Waals surface area contributed by atoms with E-state index < -0.39 is 0 Å². The van der Waals surface area contributed by atoms with Gasteiger partial charge in [-0.2, -0.15) is 0 Å². The second kappa shape index (κ2) is 8.79. The van der Waals surface area contributed by atoms with Crippen LogP contribution in [0.25, 0.3) is 0 Å². The molecule has 0 unspecified atom stereocenters. The summed E-state index contributed by atoms with van der Waals surface area (Å²) in [6.07, 6.45) is 3.26. The standard InChI is InChI=1S/C23H30FNO/c1-23(2)16-20(13-15-26-23)22(19-8-10-21(24)11-9-19)12-14-25-17-18-6-4-3-5-7-18/h3-11,20,22,25H,12-17H2,1-2H3/p+1/t20-,22+/m0/s1. The quantitative estimate of drug-likeness (QED) is 0.737. The molecule has 26 heavy (non-hydrogen) atoms. The van der Waals surface area contributed by atoms with E-state index in [1.165, 1.54) is 11.1 Å². The van der Waals surface area contributed by atoms with Gasteiger partial charge in [0.15, 0.2) is 0 Å². The Hall–Kier alpha value is -1.71. The third-order valence-corrected chi connectivity index (χ3v) is 5.51. The van der Waals surface area contributed by atoms with Gasteiger partial charge in [0, 0.05) is 18.6 Å². The largest absolute Gasteiger partial charge is 0.376 e. The highest BCUT2D eigenvalue weighted by Gasteiger charge is 2.34. The van der Waals surface area contributed by atoms with Gasteiger partial charge in [0.1, 0.15) is 12.4 Å². The Morgan fingerprint density at radius 1 is 1.12 bits per heavy atom. The lowest BCUT2D eigenvalue weighted by atomic mass is 9.75. The molecule has 1 aliphatic rings. The maximum Gasteiger partial charge on any atom is 0.123 e. The topological polar surface area (TPSA) is 25.8 Å². The van der Waals surface area contributed by atoms with Crippen molar-refractivity contribution in [2.45, 2.75) is 51.2 Å². The molecule has 0 aromatic heterocycles. The Balaban J connectivity index is 1.63. The van der Waals surface area contributed by atoms with Crippen LogP contribution >= 0.6 is 0 Å². The summed E-state index contributed by atoms with van der Waals surface area (Å²) in [5.41, 5.74) is 2.56. The van der Waals surface area contributed by atoms with Crippen LogP contribution in [-0.2, 0) is 11.3 Å². The molecule has 2 aromatic rings. The van der Waals surface area contributed by atoms with Crippen LogP contribution < -0.4 is 5.32 Å². The molecule has 0 aliphatic carbocycles. The van der Waals surface area contributed by atoms with Crippen LogP contribution in [-0.4, -0.2) is 18.8 Å². The molecular formula is C23H31FNO+. The Morgan fingerprint density at radius 2 is 1.85 bits per heavy atom. The molecule has 1 aliphatic heterocycles. The van der Waals surface area contributed by atoms with Gasteiger partial charge in [0.05, 0.1) is 12.1 Å². The van der Waals surface area contributed by atoms with E-state index in [9.17, 15) is 4.39 Å². The Labute approximate surface area is 156 Å². The number of ether oxygens (including phenoxy) is 1. The highest BCUT2D eigenvalue weighted by Crippen LogP contribution is 2.39. The normalized spacial score (nSPS) is 20.7. The second-order valence-corrected chi connectivity index (χ2v) is 8.07. The minimum Gasteiger partial charge on any atom is -0.376 e. The lowest BCUT2D eigenvalue weighted by Crippen LogP contribution is -2.82. The SMILES string of the molecule is CC1(C)C[C@@H]([C@H](CC[NH2+]Cc2ccccc2)c2ccc(F)cc2)CCO1. The van der Waals surface area contributed by atoms with Gasteiger partial charge in [-0.05, 0) is 56.2 Å². The van der Waals surface area contributed by atoms with Gasteiger partial charge in [-0.1, -0.05) is 42.5 Å². The summed E-state index contributed by atoms with van der Waals surface area (Å²) in [5, 5.41) is 2.39. The molecular weight excluding hydrogens is 325 g/mol. The van der Waals surface area contributed by atoms with Gasteiger partial charge in [-0.3, -0.25) is 0 Å². The molecule has 3 heteroatoms. The summed E-state index contributed by atoms with van der Waals surface area (Å²) >= 11 is 0. The monoisotopic (exact) mass is 356 g/mol. The first-order chi connectivity index (χ1) is 12.5. The molecule has 140 valence electrons. The Morgan fingerprint density at radius 3 is 2.54 bits per heavy atom. The van der Waals surface area contributed by atoms with Crippen molar-refractivity contribution in [3.05, 3.63) is 71.5 Å². The number of quaternary nitrogens is 1. The van der Waals surface area contributed by atoms with Crippen LogP contribution in [0.1, 0.15) is 50.2 Å². The molecule has 2 aromatic carbocycles. The highest BCUT2D eigenvalue weighted by atomic mass is 19.1. The molecule has 0 bridgehead atoms. The lowest BCUT2D eigenvalue weighted by molar-refractivity contribution is -0.671. The van der Waals surface area contributed by atoms with Crippen LogP contribution in [0.5, 0.6) is 0 Å². The molecule has 3 rings (SSSR count). The predicted molar refractivity (Wildman–Crippen MR) is 103 cm³/mol. The highest BCUT2D eigenvalue weighted by molar-refractivity contribution is 5.21. The lowest BCUT2D eigenvalue weighted by Gasteiger charge is -2.39. The molecule has 2 N–H and O–H groups in total. The third kappa shape index (κ3) is 5.39. The first-order valence-corrected chi connectivity index (χ1v) is 9.78. The van der Waals surface area contributed by atoms with Crippen molar-refractivity contribution in [1.29, 1.82) is 0 Å². The summed E-state index contributed by atoms with van der Waals surface area (Å²) in [4.78, 5) is 0. The summed E-state index contributed by atoms with van der Waals surface area (Å²) < 4.78 is 19.3. The number of nitrogens with two attached hydrogens (primary N) is 1. The number of rotatable bonds is 7. The smallest absolute Gasteiger partial charge is 0.123 e. The van der Waals surface area contributed by atoms with Gasteiger partial charge in [0.25, 0.3) is 0 Å². The van der Waals surface area contributed by atoms with E-state index in [0.717, 1.165) is 39.0 Å². The van der Waals surface area contributed by atoms with E-state index in [1.54, 1.807) is 12.1 Å². The number of hydrogen-bond donors (Lipinski definition) is 1. The van der Waals surface area contributed by atoms with Crippen molar-refractivity contribution >= 4 is 0 Å². The molecule has 0 amide bonds. The van der Waals surface area contributed by atoms with Crippen molar-refractivity contribution in [2.75, 3.05) is 13.2 Å². The van der Waals surface area contributed by atoms with E-state index in [0.29, 0.717) is 11.8 Å². The number of hydrogen-bond acceptors (Lipinski definition) is 1.